The van der Waals surface area contributed by atoms with Crippen LogP contribution in [0.2, 0.25) is 10.0 Å². The first-order chi connectivity index (χ1) is 9.85. The van der Waals surface area contributed by atoms with E-state index in [0.29, 0.717) is 22.4 Å². The normalized spacial score (nSPS) is 11.7. The Balaban J connectivity index is 2.01. The number of rotatable bonds is 5. The highest BCUT2D eigenvalue weighted by Gasteiger charge is 2.13. The molecule has 5 heteroatoms. The van der Waals surface area contributed by atoms with Gasteiger partial charge in [-0.25, -0.2) is 0 Å². The molecule has 0 unspecified atom stereocenters. The number of hydrogen-bond donors (Lipinski definition) is 1. The van der Waals surface area contributed by atoms with Crippen molar-refractivity contribution in [2.45, 2.75) is 39.5 Å². The molecule has 0 aliphatic rings. The Kier molecular flexibility index (Phi) is 5.20. The molecule has 1 N–H and O–H groups in total. The van der Waals surface area contributed by atoms with E-state index in [-0.39, 0.29) is 5.54 Å². The van der Waals surface area contributed by atoms with Crippen LogP contribution < -0.4 is 10.1 Å². The van der Waals surface area contributed by atoms with Crippen LogP contribution in [0, 0.1) is 0 Å². The van der Waals surface area contributed by atoms with Crippen molar-refractivity contribution < 1.29 is 9.15 Å². The molecule has 1 aromatic carbocycles. The van der Waals surface area contributed by atoms with Crippen molar-refractivity contribution in [2.75, 3.05) is 0 Å². The summed E-state index contributed by atoms with van der Waals surface area (Å²) in [5.74, 6) is 1.33. The van der Waals surface area contributed by atoms with Crippen LogP contribution in [0.25, 0.3) is 0 Å². The van der Waals surface area contributed by atoms with Gasteiger partial charge < -0.3 is 14.5 Å². The first kappa shape index (κ1) is 16.2. The summed E-state index contributed by atoms with van der Waals surface area (Å²) in [6, 6.07) is 7.07. The lowest BCUT2D eigenvalue weighted by molar-refractivity contribution is 0.267. The van der Waals surface area contributed by atoms with Gasteiger partial charge in [0.05, 0.1) is 11.3 Å². The molecule has 2 rings (SSSR count). The predicted molar refractivity (Wildman–Crippen MR) is 86.1 cm³/mol. The Bertz CT molecular complexity index is 603. The van der Waals surface area contributed by atoms with E-state index >= 15 is 0 Å². The van der Waals surface area contributed by atoms with E-state index in [1.54, 1.807) is 24.5 Å². The second-order valence-electron chi connectivity index (χ2n) is 5.84. The number of halogens is 2. The predicted octanol–water partition coefficient (Wildman–Crippen LogP) is 5.05. The molecule has 0 radical (unpaired) electrons. The zero-order valence-corrected chi connectivity index (χ0v) is 13.9. The van der Waals surface area contributed by atoms with E-state index in [9.17, 15) is 0 Å². The zero-order chi connectivity index (χ0) is 15.5. The quantitative estimate of drug-likeness (QED) is 0.834. The van der Waals surface area contributed by atoms with Gasteiger partial charge in [-0.3, -0.25) is 0 Å². The molecule has 0 saturated carbocycles. The second-order valence-corrected chi connectivity index (χ2v) is 6.68. The maximum Gasteiger partial charge on any atom is 0.146 e. The lowest BCUT2D eigenvalue weighted by Crippen LogP contribution is -2.35. The van der Waals surface area contributed by atoms with Gasteiger partial charge in [0.1, 0.15) is 18.1 Å². The average molecular weight is 328 g/mol. The summed E-state index contributed by atoms with van der Waals surface area (Å²) < 4.78 is 11.2. The fourth-order valence-electron chi connectivity index (χ4n) is 1.74. The summed E-state index contributed by atoms with van der Waals surface area (Å²) in [4.78, 5) is 0. The highest BCUT2D eigenvalue weighted by Crippen LogP contribution is 2.28. The van der Waals surface area contributed by atoms with Crippen LogP contribution in [0.4, 0.5) is 0 Å². The lowest BCUT2D eigenvalue weighted by atomic mass is 10.1. The molecule has 1 heterocycles. The molecule has 1 aromatic heterocycles. The molecular weight excluding hydrogens is 309 g/mol. The summed E-state index contributed by atoms with van der Waals surface area (Å²) in [5.41, 5.74) is 1.12. The molecule has 0 bridgehead atoms. The average Bonchev–Trinajstić information content (AvgIpc) is 2.84. The number of ether oxygens (including phenoxy) is 1. The third-order valence-corrected chi connectivity index (χ3v) is 3.45. The minimum Gasteiger partial charge on any atom is -0.484 e. The number of nitrogens with one attached hydrogen (secondary N) is 1. The van der Waals surface area contributed by atoms with Crippen molar-refractivity contribution in [2.24, 2.45) is 0 Å². The van der Waals surface area contributed by atoms with Crippen LogP contribution >= 0.6 is 23.2 Å². The first-order valence-electron chi connectivity index (χ1n) is 6.73. The van der Waals surface area contributed by atoms with Crippen molar-refractivity contribution in [1.82, 2.24) is 5.32 Å². The van der Waals surface area contributed by atoms with E-state index in [1.807, 2.05) is 6.07 Å². The summed E-state index contributed by atoms with van der Waals surface area (Å²) in [6.07, 6.45) is 1.66. The molecule has 0 atom stereocenters. The second kappa shape index (κ2) is 6.73. The van der Waals surface area contributed by atoms with E-state index in [1.165, 1.54) is 0 Å². The molecule has 0 spiro atoms. The highest BCUT2D eigenvalue weighted by molar-refractivity contribution is 6.34. The Morgan fingerprint density at radius 2 is 1.95 bits per heavy atom. The van der Waals surface area contributed by atoms with Gasteiger partial charge in [0.2, 0.25) is 0 Å². The molecular formula is C16H19Cl2NO2. The van der Waals surface area contributed by atoms with Crippen molar-refractivity contribution in [1.29, 1.82) is 0 Å². The zero-order valence-electron chi connectivity index (χ0n) is 12.4. The van der Waals surface area contributed by atoms with E-state index in [2.05, 4.69) is 26.1 Å². The minimum absolute atomic E-state index is 0.0473. The van der Waals surface area contributed by atoms with Gasteiger partial charge >= 0.3 is 0 Å². The monoisotopic (exact) mass is 327 g/mol. The Morgan fingerprint density at radius 3 is 2.67 bits per heavy atom. The third kappa shape index (κ3) is 4.95. The summed E-state index contributed by atoms with van der Waals surface area (Å²) >= 11 is 12.0. The summed E-state index contributed by atoms with van der Waals surface area (Å²) in [6.45, 7) is 7.40. The van der Waals surface area contributed by atoms with Crippen LogP contribution in [0.15, 0.2) is 34.9 Å². The number of benzene rings is 1. The number of hydrogen-bond acceptors (Lipinski definition) is 3. The van der Waals surface area contributed by atoms with Gasteiger partial charge in [-0.2, -0.15) is 0 Å². The maximum atomic E-state index is 6.07. The fraction of sp³-hybridized carbons (Fsp3) is 0.375. The van der Waals surface area contributed by atoms with Crippen LogP contribution in [0.5, 0.6) is 5.75 Å². The number of furan rings is 1. The molecule has 114 valence electrons. The van der Waals surface area contributed by atoms with Crippen LogP contribution in [0.3, 0.4) is 0 Å². The molecule has 0 fully saturated rings. The van der Waals surface area contributed by atoms with Crippen LogP contribution in [-0.4, -0.2) is 5.54 Å². The summed E-state index contributed by atoms with van der Waals surface area (Å²) in [5, 5.41) is 4.54. The Hall–Kier alpha value is -1.16. The summed E-state index contributed by atoms with van der Waals surface area (Å²) in [7, 11) is 0. The van der Waals surface area contributed by atoms with Crippen molar-refractivity contribution >= 4 is 23.2 Å². The lowest BCUT2D eigenvalue weighted by Gasteiger charge is -2.20. The van der Waals surface area contributed by atoms with E-state index in [0.717, 1.165) is 17.9 Å². The SMILES string of the molecule is CC(C)(C)NCc1ccoc1COc1cc(Cl)ccc1Cl. The molecule has 0 aliphatic carbocycles. The van der Waals surface area contributed by atoms with Gasteiger partial charge in [0, 0.05) is 28.7 Å². The fourth-order valence-corrected chi connectivity index (χ4v) is 2.08. The van der Waals surface area contributed by atoms with Crippen molar-refractivity contribution in [3.05, 3.63) is 51.9 Å². The third-order valence-electron chi connectivity index (χ3n) is 2.90. The largest absolute Gasteiger partial charge is 0.484 e. The Labute approximate surface area is 135 Å². The topological polar surface area (TPSA) is 34.4 Å². The smallest absolute Gasteiger partial charge is 0.146 e. The van der Waals surface area contributed by atoms with Crippen molar-refractivity contribution in [3.8, 4) is 5.75 Å². The van der Waals surface area contributed by atoms with Gasteiger partial charge in [-0.1, -0.05) is 23.2 Å². The van der Waals surface area contributed by atoms with Gasteiger partial charge in [-0.15, -0.1) is 0 Å². The minimum atomic E-state index is 0.0473. The van der Waals surface area contributed by atoms with E-state index in [4.69, 9.17) is 32.4 Å². The highest BCUT2D eigenvalue weighted by atomic mass is 35.5. The van der Waals surface area contributed by atoms with Crippen LogP contribution in [-0.2, 0) is 13.2 Å². The Morgan fingerprint density at radius 1 is 1.19 bits per heavy atom. The molecule has 2 aromatic rings. The molecule has 21 heavy (non-hydrogen) atoms. The maximum absolute atomic E-state index is 6.07. The van der Waals surface area contributed by atoms with Gasteiger partial charge in [0.15, 0.2) is 0 Å². The van der Waals surface area contributed by atoms with E-state index < -0.39 is 0 Å². The standard InChI is InChI=1S/C16H19Cl2NO2/c1-16(2,3)19-9-11-6-7-20-15(11)10-21-14-8-12(17)4-5-13(14)18/h4-8,19H,9-10H2,1-3H3. The van der Waals surface area contributed by atoms with Gasteiger partial charge in [-0.05, 0) is 39.0 Å². The molecule has 0 saturated heterocycles. The van der Waals surface area contributed by atoms with Gasteiger partial charge in [0.25, 0.3) is 0 Å². The van der Waals surface area contributed by atoms with Crippen molar-refractivity contribution in [3.63, 3.8) is 0 Å². The van der Waals surface area contributed by atoms with Crippen LogP contribution in [0.1, 0.15) is 32.1 Å². The first-order valence-corrected chi connectivity index (χ1v) is 7.49. The molecule has 0 amide bonds. The molecule has 0 aliphatic heterocycles. The molecule has 3 nitrogen and oxygen atoms in total.